The Morgan fingerprint density at radius 1 is 1.31 bits per heavy atom. The van der Waals surface area contributed by atoms with E-state index in [1.165, 1.54) is 0 Å². The molecule has 1 unspecified atom stereocenters. The second-order valence-corrected chi connectivity index (χ2v) is 5.29. The van der Waals surface area contributed by atoms with Crippen molar-refractivity contribution >= 4 is 5.97 Å². The fourth-order valence-electron chi connectivity index (χ4n) is 2.78. The average molecular weight is 226 g/mol. The number of carboxylic acid groups (broad SMARTS) is 1. The first-order chi connectivity index (χ1) is 7.59. The van der Waals surface area contributed by atoms with Gasteiger partial charge in [-0.3, -0.25) is 14.6 Å². The van der Waals surface area contributed by atoms with Crippen LogP contribution in [0.2, 0.25) is 0 Å². The van der Waals surface area contributed by atoms with Crippen LogP contribution in [-0.4, -0.2) is 58.6 Å². The number of carboxylic acids is 1. The summed E-state index contributed by atoms with van der Waals surface area (Å²) in [7, 11) is 0. The summed E-state index contributed by atoms with van der Waals surface area (Å²) in [6, 6.07) is 0.834. The Kier molecular flexibility index (Phi) is 3.50. The molecule has 0 aromatic carbocycles. The van der Waals surface area contributed by atoms with Crippen LogP contribution in [-0.2, 0) is 4.79 Å². The van der Waals surface area contributed by atoms with Crippen molar-refractivity contribution in [2.75, 3.05) is 19.6 Å². The molecule has 2 saturated heterocycles. The Morgan fingerprint density at radius 3 is 2.56 bits per heavy atom. The van der Waals surface area contributed by atoms with Gasteiger partial charge in [-0.25, -0.2) is 0 Å². The van der Waals surface area contributed by atoms with E-state index in [1.807, 2.05) is 0 Å². The summed E-state index contributed by atoms with van der Waals surface area (Å²) in [6.45, 7) is 7.44. The Bertz CT molecular complexity index is 262. The van der Waals surface area contributed by atoms with E-state index in [0.29, 0.717) is 12.1 Å². The third-order valence-electron chi connectivity index (χ3n) is 3.92. The lowest BCUT2D eigenvalue weighted by Gasteiger charge is -2.50. The van der Waals surface area contributed by atoms with E-state index in [-0.39, 0.29) is 6.04 Å². The molecule has 0 saturated carbocycles. The predicted molar refractivity (Wildman–Crippen MR) is 62.5 cm³/mol. The maximum atomic E-state index is 11.2. The van der Waals surface area contributed by atoms with Crippen molar-refractivity contribution in [1.29, 1.82) is 0 Å². The lowest BCUT2D eigenvalue weighted by Crippen LogP contribution is -2.65. The standard InChI is InChI=1S/C12H22N2O2/c1-9(2)13-7-10(8-13)14-6-4-3-5-11(14)12(15)16/h9-11H,3-8H2,1-2H3,(H,15,16). The van der Waals surface area contributed by atoms with Crippen molar-refractivity contribution in [3.63, 3.8) is 0 Å². The van der Waals surface area contributed by atoms with Crippen LogP contribution in [0.25, 0.3) is 0 Å². The quantitative estimate of drug-likeness (QED) is 0.780. The first kappa shape index (κ1) is 11.9. The van der Waals surface area contributed by atoms with E-state index < -0.39 is 5.97 Å². The summed E-state index contributed by atoms with van der Waals surface area (Å²) < 4.78 is 0. The molecule has 0 spiro atoms. The van der Waals surface area contributed by atoms with Gasteiger partial charge >= 0.3 is 5.97 Å². The number of nitrogens with zero attached hydrogens (tertiary/aromatic N) is 2. The highest BCUT2D eigenvalue weighted by atomic mass is 16.4. The first-order valence-electron chi connectivity index (χ1n) is 6.32. The second kappa shape index (κ2) is 4.72. The molecule has 2 aliphatic heterocycles. The normalized spacial score (nSPS) is 29.3. The lowest BCUT2D eigenvalue weighted by atomic mass is 9.96. The fraction of sp³-hybridized carbons (Fsp3) is 0.917. The van der Waals surface area contributed by atoms with E-state index in [9.17, 15) is 9.90 Å². The minimum atomic E-state index is -0.636. The van der Waals surface area contributed by atoms with Crippen LogP contribution in [0.3, 0.4) is 0 Å². The monoisotopic (exact) mass is 226 g/mol. The summed E-state index contributed by atoms with van der Waals surface area (Å²) in [6.07, 6.45) is 3.05. The number of piperidine rings is 1. The smallest absolute Gasteiger partial charge is 0.320 e. The summed E-state index contributed by atoms with van der Waals surface area (Å²) >= 11 is 0. The number of rotatable bonds is 3. The zero-order valence-electron chi connectivity index (χ0n) is 10.2. The van der Waals surface area contributed by atoms with Crippen LogP contribution < -0.4 is 0 Å². The van der Waals surface area contributed by atoms with Crippen LogP contribution in [0.1, 0.15) is 33.1 Å². The molecule has 16 heavy (non-hydrogen) atoms. The molecular weight excluding hydrogens is 204 g/mol. The topological polar surface area (TPSA) is 43.8 Å². The molecule has 92 valence electrons. The SMILES string of the molecule is CC(C)N1CC(N2CCCCC2C(=O)O)C1. The van der Waals surface area contributed by atoms with Gasteiger partial charge in [0, 0.05) is 25.2 Å². The highest BCUT2D eigenvalue weighted by molar-refractivity contribution is 5.73. The van der Waals surface area contributed by atoms with Crippen LogP contribution in [0.5, 0.6) is 0 Å². The van der Waals surface area contributed by atoms with Gasteiger partial charge in [-0.1, -0.05) is 6.42 Å². The van der Waals surface area contributed by atoms with E-state index in [4.69, 9.17) is 0 Å². The minimum Gasteiger partial charge on any atom is -0.480 e. The molecule has 2 aliphatic rings. The minimum absolute atomic E-state index is 0.229. The molecular formula is C12H22N2O2. The number of aliphatic carboxylic acids is 1. The fourth-order valence-corrected chi connectivity index (χ4v) is 2.78. The highest BCUT2D eigenvalue weighted by Crippen LogP contribution is 2.25. The van der Waals surface area contributed by atoms with Crippen molar-refractivity contribution in [2.24, 2.45) is 0 Å². The summed E-state index contributed by atoms with van der Waals surface area (Å²) in [4.78, 5) is 15.8. The van der Waals surface area contributed by atoms with Gasteiger partial charge in [-0.2, -0.15) is 0 Å². The van der Waals surface area contributed by atoms with Gasteiger partial charge in [-0.15, -0.1) is 0 Å². The van der Waals surface area contributed by atoms with Crippen LogP contribution in [0, 0.1) is 0 Å². The van der Waals surface area contributed by atoms with Crippen LogP contribution >= 0.6 is 0 Å². The molecule has 2 fully saturated rings. The third-order valence-corrected chi connectivity index (χ3v) is 3.92. The molecule has 2 rings (SSSR count). The summed E-state index contributed by atoms with van der Waals surface area (Å²) in [5.41, 5.74) is 0. The summed E-state index contributed by atoms with van der Waals surface area (Å²) in [5, 5.41) is 9.20. The Labute approximate surface area is 97.2 Å². The number of likely N-dealkylation sites (tertiary alicyclic amines) is 2. The van der Waals surface area contributed by atoms with Gasteiger partial charge in [0.25, 0.3) is 0 Å². The van der Waals surface area contributed by atoms with Gasteiger partial charge in [0.15, 0.2) is 0 Å². The van der Waals surface area contributed by atoms with E-state index in [0.717, 1.165) is 38.9 Å². The number of hydrogen-bond donors (Lipinski definition) is 1. The number of hydrogen-bond acceptors (Lipinski definition) is 3. The molecule has 1 N–H and O–H groups in total. The van der Waals surface area contributed by atoms with Gasteiger partial charge in [0.2, 0.25) is 0 Å². The zero-order valence-corrected chi connectivity index (χ0v) is 10.2. The van der Waals surface area contributed by atoms with Crippen LogP contribution in [0.15, 0.2) is 0 Å². The highest BCUT2D eigenvalue weighted by Gasteiger charge is 2.39. The van der Waals surface area contributed by atoms with Crippen molar-refractivity contribution < 1.29 is 9.90 Å². The molecule has 4 heteroatoms. The van der Waals surface area contributed by atoms with Crippen molar-refractivity contribution in [3.8, 4) is 0 Å². The van der Waals surface area contributed by atoms with Gasteiger partial charge in [-0.05, 0) is 33.2 Å². The lowest BCUT2D eigenvalue weighted by molar-refractivity contribution is -0.148. The molecule has 4 nitrogen and oxygen atoms in total. The summed E-state index contributed by atoms with van der Waals surface area (Å²) in [5.74, 6) is -0.636. The molecule has 2 heterocycles. The van der Waals surface area contributed by atoms with Gasteiger partial charge in [0.1, 0.15) is 6.04 Å². The van der Waals surface area contributed by atoms with Crippen molar-refractivity contribution in [3.05, 3.63) is 0 Å². The van der Waals surface area contributed by atoms with Crippen molar-refractivity contribution in [1.82, 2.24) is 9.80 Å². The Morgan fingerprint density at radius 2 is 2.00 bits per heavy atom. The molecule has 0 bridgehead atoms. The van der Waals surface area contributed by atoms with Gasteiger partial charge in [0.05, 0.1) is 0 Å². The maximum Gasteiger partial charge on any atom is 0.320 e. The third kappa shape index (κ3) is 2.23. The molecule has 0 radical (unpaired) electrons. The molecule has 1 atom stereocenters. The predicted octanol–water partition coefficient (Wildman–Crippen LogP) is 1.02. The average Bonchev–Trinajstić information content (AvgIpc) is 2.15. The Balaban J connectivity index is 1.90. The maximum absolute atomic E-state index is 11.2. The second-order valence-electron chi connectivity index (χ2n) is 5.29. The van der Waals surface area contributed by atoms with E-state index >= 15 is 0 Å². The molecule has 0 aliphatic carbocycles. The zero-order chi connectivity index (χ0) is 11.7. The van der Waals surface area contributed by atoms with Crippen LogP contribution in [0.4, 0.5) is 0 Å². The number of carbonyl (C=O) groups is 1. The van der Waals surface area contributed by atoms with E-state index in [1.54, 1.807) is 0 Å². The largest absolute Gasteiger partial charge is 0.480 e. The van der Waals surface area contributed by atoms with Crippen molar-refractivity contribution in [2.45, 2.75) is 51.2 Å². The Hall–Kier alpha value is -0.610. The van der Waals surface area contributed by atoms with Gasteiger partial charge < -0.3 is 5.11 Å². The molecule has 0 aromatic rings. The molecule has 0 amide bonds. The first-order valence-corrected chi connectivity index (χ1v) is 6.32. The molecule has 0 aromatic heterocycles. The van der Waals surface area contributed by atoms with E-state index in [2.05, 4.69) is 23.6 Å².